The van der Waals surface area contributed by atoms with E-state index in [0.717, 1.165) is 128 Å². The zero-order valence-corrected chi connectivity index (χ0v) is 43.1. The highest BCUT2D eigenvalue weighted by Gasteiger charge is 2.39. The Kier molecular flexibility index (Phi) is 16.3. The van der Waals surface area contributed by atoms with Crippen LogP contribution in [0.15, 0.2) is 170 Å². The second-order valence-corrected chi connectivity index (χ2v) is 19.8. The zero-order chi connectivity index (χ0) is 50.4. The molecule has 0 amide bonds. The molecule has 2 spiro atoms. The van der Waals surface area contributed by atoms with Crippen LogP contribution in [0.25, 0.3) is 0 Å². The summed E-state index contributed by atoms with van der Waals surface area (Å²) in [5, 5.41) is 0. The topological polar surface area (TPSA) is 52.6 Å². The lowest BCUT2D eigenvalue weighted by Crippen LogP contribution is -2.43. The summed E-state index contributed by atoms with van der Waals surface area (Å²) in [4.78, 5) is 5.10. The van der Waals surface area contributed by atoms with Crippen LogP contribution in [-0.4, -0.2) is 75.5 Å². The van der Waals surface area contributed by atoms with Gasteiger partial charge in [-0.3, -0.25) is 0 Å². The largest absolute Gasteiger partial charge is 0.493 e. The molecule has 9 aliphatic rings. The molecule has 376 valence electrons. The molecule has 74 heavy (non-hydrogen) atoms. The Bertz CT molecular complexity index is 3020. The van der Waals surface area contributed by atoms with Gasteiger partial charge in [-0.1, -0.05) is 110 Å². The molecule has 0 radical (unpaired) electrons. The summed E-state index contributed by atoms with van der Waals surface area (Å²) in [7, 11) is 0. The van der Waals surface area contributed by atoms with E-state index in [9.17, 15) is 0 Å². The van der Waals surface area contributed by atoms with Gasteiger partial charge in [0.1, 0.15) is 23.9 Å². The first-order chi connectivity index (χ1) is 36.5. The second kappa shape index (κ2) is 24.1. The fraction of sp³-hybridized carbons (Fsp3) is 0.313. The summed E-state index contributed by atoms with van der Waals surface area (Å²) in [6, 6.07) is 59.5. The second-order valence-electron chi connectivity index (χ2n) is 19.8. The van der Waals surface area contributed by atoms with Gasteiger partial charge in [0.05, 0.1) is 26.4 Å². The van der Waals surface area contributed by atoms with Crippen LogP contribution in [0.1, 0.15) is 102 Å². The Balaban J connectivity index is 0.874. The molecule has 2 fully saturated rings. The first-order valence-corrected chi connectivity index (χ1v) is 26.8. The maximum Gasteiger partial charge on any atom is 0.161 e. The summed E-state index contributed by atoms with van der Waals surface area (Å²) in [6.07, 6.45) is 5.60. The van der Waals surface area contributed by atoms with E-state index >= 15 is 0 Å². The number of piperidine rings is 2. The molecule has 9 heterocycles. The lowest BCUT2D eigenvalue weighted by Gasteiger charge is -2.43. The van der Waals surface area contributed by atoms with Crippen molar-refractivity contribution < 1.29 is 23.7 Å². The van der Waals surface area contributed by atoms with Crippen LogP contribution in [0.2, 0.25) is 0 Å². The molecule has 9 aliphatic heterocycles. The maximum atomic E-state index is 6.78. The van der Waals surface area contributed by atoms with Crippen molar-refractivity contribution in [3.63, 3.8) is 0 Å². The number of hydrogen-bond donors (Lipinski definition) is 0. The molecule has 2 saturated heterocycles. The smallest absolute Gasteiger partial charge is 0.161 e. The van der Waals surface area contributed by atoms with Crippen molar-refractivity contribution in [2.24, 2.45) is 0 Å². The molecule has 0 atom stereocenters. The van der Waals surface area contributed by atoms with Gasteiger partial charge in [-0.2, -0.15) is 0 Å². The highest BCUT2D eigenvalue weighted by Crippen LogP contribution is 2.46. The summed E-state index contributed by atoms with van der Waals surface area (Å²) < 4.78 is 32.3. The van der Waals surface area contributed by atoms with Crippen molar-refractivity contribution >= 4 is 0 Å². The predicted octanol–water partition coefficient (Wildman–Crippen LogP) is 12.9. The minimum atomic E-state index is -0.209. The third-order valence-electron chi connectivity index (χ3n) is 15.4. The van der Waals surface area contributed by atoms with E-state index in [-0.39, 0.29) is 10.8 Å². The Hall–Kier alpha value is -7.42. The Morgan fingerprint density at radius 3 is 1.23 bits per heavy atom. The standard InChI is InChI=1S/C67H68N2O5/c1-3-68-42-38-66(39-43-68)57-24-31-61(32-25-57)70-46-8-47-71-63-35-28-59(29-36-63)67(40-44-69(4-2)45-41-67)60-30-37-64(73-49-9-48-72-62-33-26-58(66)27-34-62)65(50-60)74-51-56-22-20-55(21-23-56)19-18-54-16-14-53(15-17-54)13-12-52-10-6-5-7-11-52/h5-7,10-11,14-17,20-37,50H,3-4,8-9,38-49,51H2,1-2H3. The van der Waals surface area contributed by atoms with Crippen LogP contribution < -0.4 is 23.7 Å². The number of ether oxygens (including phenoxy) is 5. The monoisotopic (exact) mass is 981 g/mol. The fourth-order valence-electron chi connectivity index (χ4n) is 10.8. The third kappa shape index (κ3) is 12.2. The minimum absolute atomic E-state index is 0.0728. The molecule has 7 aromatic rings. The average molecular weight is 981 g/mol. The molecular weight excluding hydrogens is 913 g/mol. The first-order valence-electron chi connectivity index (χ1n) is 26.8. The third-order valence-corrected chi connectivity index (χ3v) is 15.4. The number of likely N-dealkylation sites (tertiary alicyclic amines) is 2. The van der Waals surface area contributed by atoms with Gasteiger partial charge in [0.25, 0.3) is 0 Å². The molecule has 7 heteroatoms. The van der Waals surface area contributed by atoms with E-state index in [1.807, 2.05) is 54.6 Å². The molecule has 0 N–H and O–H groups in total. The van der Waals surface area contributed by atoms with Crippen LogP contribution in [0.5, 0.6) is 28.7 Å². The lowest BCUT2D eigenvalue weighted by atomic mass is 9.68. The van der Waals surface area contributed by atoms with Crippen LogP contribution >= 0.6 is 0 Å². The summed E-state index contributed by atoms with van der Waals surface area (Å²) in [6.45, 7) is 13.3. The van der Waals surface area contributed by atoms with Gasteiger partial charge < -0.3 is 33.5 Å². The van der Waals surface area contributed by atoms with E-state index in [1.54, 1.807) is 0 Å². The highest BCUT2D eigenvalue weighted by molar-refractivity contribution is 5.52. The van der Waals surface area contributed by atoms with E-state index in [2.05, 4.69) is 163 Å². The SMILES string of the molecule is CCN1CCC2(CC1)c1ccc(cc1)OCCCOc1ccc(cc1)C1(CCN(CC)CC1)c1ccc(c(OCc3ccc(C#Cc4ccc(C#Cc5ccccc5)cc4)cc3)c1)OCCCOc1ccc2cc1. The van der Waals surface area contributed by atoms with Gasteiger partial charge in [-0.05, 0) is 190 Å². The van der Waals surface area contributed by atoms with Gasteiger partial charge >= 0.3 is 0 Å². The van der Waals surface area contributed by atoms with Gasteiger partial charge in [0.15, 0.2) is 11.5 Å². The number of rotatable bonds is 5. The Morgan fingerprint density at radius 1 is 0.419 bits per heavy atom. The number of hydrogen-bond acceptors (Lipinski definition) is 7. The van der Waals surface area contributed by atoms with Crippen LogP contribution in [0.4, 0.5) is 0 Å². The molecule has 8 bridgehead atoms. The van der Waals surface area contributed by atoms with Gasteiger partial charge in [0, 0.05) is 45.9 Å². The quantitative estimate of drug-likeness (QED) is 0.159. The molecule has 16 rings (SSSR count). The van der Waals surface area contributed by atoms with Crippen LogP contribution in [0.3, 0.4) is 0 Å². The van der Waals surface area contributed by atoms with E-state index in [1.165, 1.54) is 22.3 Å². The van der Waals surface area contributed by atoms with Crippen molar-refractivity contribution in [2.45, 2.75) is 69.8 Å². The van der Waals surface area contributed by atoms with E-state index < -0.39 is 0 Å². The van der Waals surface area contributed by atoms with Crippen molar-refractivity contribution in [1.82, 2.24) is 9.80 Å². The molecule has 7 aromatic carbocycles. The average Bonchev–Trinajstić information content (AvgIpc) is 3.47. The van der Waals surface area contributed by atoms with Gasteiger partial charge in [-0.25, -0.2) is 0 Å². The summed E-state index contributed by atoms with van der Waals surface area (Å²) in [5.74, 6) is 17.2. The van der Waals surface area contributed by atoms with Crippen molar-refractivity contribution in [3.8, 4) is 52.4 Å². The maximum absolute atomic E-state index is 6.78. The van der Waals surface area contributed by atoms with Crippen molar-refractivity contribution in [3.05, 3.63) is 220 Å². The first kappa shape index (κ1) is 50.1. The normalized spacial score (nSPS) is 16.8. The Labute approximate surface area is 439 Å². The predicted molar refractivity (Wildman–Crippen MR) is 297 cm³/mol. The molecule has 0 aromatic heterocycles. The fourth-order valence-corrected chi connectivity index (χ4v) is 10.8. The Morgan fingerprint density at radius 2 is 0.797 bits per heavy atom. The van der Waals surface area contributed by atoms with Gasteiger partial charge in [-0.15, -0.1) is 0 Å². The molecular formula is C67H68N2O5. The number of nitrogens with zero attached hydrogens (tertiary/aromatic N) is 2. The van der Waals surface area contributed by atoms with E-state index in [0.29, 0.717) is 39.5 Å². The number of benzene rings is 7. The lowest BCUT2D eigenvalue weighted by molar-refractivity contribution is 0.186. The molecule has 7 nitrogen and oxygen atoms in total. The zero-order valence-electron chi connectivity index (χ0n) is 43.1. The van der Waals surface area contributed by atoms with Crippen molar-refractivity contribution in [1.29, 1.82) is 0 Å². The summed E-state index contributed by atoms with van der Waals surface area (Å²) >= 11 is 0. The highest BCUT2D eigenvalue weighted by atomic mass is 16.5. The van der Waals surface area contributed by atoms with E-state index in [4.69, 9.17) is 23.7 Å². The van der Waals surface area contributed by atoms with Crippen LogP contribution in [-0.2, 0) is 17.4 Å². The minimum Gasteiger partial charge on any atom is -0.493 e. The molecule has 0 aliphatic carbocycles. The van der Waals surface area contributed by atoms with Crippen molar-refractivity contribution in [2.75, 3.05) is 65.7 Å². The molecule has 0 unspecified atom stereocenters. The summed E-state index contributed by atoms with van der Waals surface area (Å²) in [5.41, 5.74) is 9.79. The van der Waals surface area contributed by atoms with Crippen LogP contribution in [0, 0.1) is 23.7 Å². The molecule has 0 saturated carbocycles. The van der Waals surface area contributed by atoms with Gasteiger partial charge in [0.2, 0.25) is 0 Å².